The van der Waals surface area contributed by atoms with Crippen molar-refractivity contribution in [3.8, 4) is 0 Å². The smallest absolute Gasteiger partial charge is 0.391 e. The average Bonchev–Trinajstić information content (AvgIpc) is 2.42. The summed E-state index contributed by atoms with van der Waals surface area (Å²) in [6, 6.07) is 5.52. The molecule has 0 heterocycles. The van der Waals surface area contributed by atoms with Gasteiger partial charge in [-0.05, 0) is 19.1 Å². The van der Waals surface area contributed by atoms with E-state index in [9.17, 15) is 21.6 Å². The summed E-state index contributed by atoms with van der Waals surface area (Å²) >= 11 is 5.28. The van der Waals surface area contributed by atoms with Crippen LogP contribution in [-0.2, 0) is 14.9 Å². The fraction of sp³-hybridized carbons (Fsp3) is 0.250. The number of hydrogen-bond donors (Lipinski definition) is 1. The number of benzene rings is 1. The predicted octanol–water partition coefficient (Wildman–Crippen LogP) is 3.44. The van der Waals surface area contributed by atoms with Gasteiger partial charge in [0.25, 0.3) is 0 Å². The molecule has 122 valence electrons. The van der Waals surface area contributed by atoms with E-state index in [2.05, 4.69) is 5.16 Å². The van der Waals surface area contributed by atoms with Crippen LogP contribution < -0.4 is 4.72 Å². The van der Waals surface area contributed by atoms with Gasteiger partial charge in [0.05, 0.1) is 11.4 Å². The summed E-state index contributed by atoms with van der Waals surface area (Å²) in [5, 5.41) is 3.68. The molecule has 1 N–H and O–H groups in total. The van der Waals surface area contributed by atoms with Crippen molar-refractivity contribution in [2.45, 2.75) is 12.4 Å². The van der Waals surface area contributed by atoms with Gasteiger partial charge in [0, 0.05) is 11.1 Å². The van der Waals surface area contributed by atoms with Crippen molar-refractivity contribution < 1.29 is 26.4 Å². The number of alkyl halides is 3. The van der Waals surface area contributed by atoms with E-state index in [-0.39, 0.29) is 23.6 Å². The molecule has 0 aromatic heterocycles. The highest BCUT2D eigenvalue weighted by Crippen LogP contribution is 2.27. The summed E-state index contributed by atoms with van der Waals surface area (Å²) in [4.78, 5) is 4.86. The number of nitrogens with zero attached hydrogens (tertiary/aromatic N) is 1. The molecule has 0 amide bonds. The zero-order valence-corrected chi connectivity index (χ0v) is 12.8. The first kappa shape index (κ1) is 18.3. The zero-order valence-electron chi connectivity index (χ0n) is 11.3. The second kappa shape index (κ2) is 7.50. The topological polar surface area (TPSA) is 67.8 Å². The summed E-state index contributed by atoms with van der Waals surface area (Å²) in [5.74, 6) is 0. The molecule has 0 aliphatic carbocycles. The van der Waals surface area contributed by atoms with Gasteiger partial charge in [-0.25, -0.2) is 0 Å². The average molecular weight is 357 g/mol. The number of para-hydroxylation sites is 1. The first-order valence-electron chi connectivity index (χ1n) is 5.79. The zero-order chi connectivity index (χ0) is 16.8. The van der Waals surface area contributed by atoms with Crippen LogP contribution in [0, 0.1) is 0 Å². The molecule has 1 aromatic rings. The Bertz CT molecular complexity index is 672. The summed E-state index contributed by atoms with van der Waals surface area (Å²) in [7, 11) is -5.51. The lowest BCUT2D eigenvalue weighted by molar-refractivity contribution is -0.0429. The van der Waals surface area contributed by atoms with Crippen molar-refractivity contribution in [3.05, 3.63) is 41.4 Å². The fourth-order valence-electron chi connectivity index (χ4n) is 1.35. The molecule has 0 aliphatic rings. The Balaban J connectivity index is 3.05. The number of rotatable bonds is 6. The lowest BCUT2D eigenvalue weighted by atomic mass is 10.1. The largest absolute Gasteiger partial charge is 0.516 e. The quantitative estimate of drug-likeness (QED) is 0.482. The Kier molecular flexibility index (Phi) is 6.24. The van der Waals surface area contributed by atoms with Gasteiger partial charge in [-0.2, -0.15) is 21.6 Å². The molecule has 0 fully saturated rings. The van der Waals surface area contributed by atoms with Gasteiger partial charge in [0.15, 0.2) is 0 Å². The highest BCUT2D eigenvalue weighted by atomic mass is 35.5. The molecule has 0 saturated carbocycles. The van der Waals surface area contributed by atoms with E-state index in [0.29, 0.717) is 0 Å². The maximum Gasteiger partial charge on any atom is 0.516 e. The fourth-order valence-corrected chi connectivity index (χ4v) is 2.01. The lowest BCUT2D eigenvalue weighted by Gasteiger charge is -2.13. The molecule has 0 radical (unpaired) electrons. The van der Waals surface area contributed by atoms with Gasteiger partial charge in [-0.1, -0.05) is 35.0 Å². The molecule has 1 aromatic carbocycles. The number of halogens is 4. The van der Waals surface area contributed by atoms with Crippen LogP contribution in [0.1, 0.15) is 12.5 Å². The van der Waals surface area contributed by atoms with Gasteiger partial charge in [-0.15, -0.1) is 0 Å². The van der Waals surface area contributed by atoms with Gasteiger partial charge in [0.2, 0.25) is 0 Å². The molecule has 1 rings (SSSR count). The van der Waals surface area contributed by atoms with Crippen LogP contribution in [0.5, 0.6) is 0 Å². The van der Waals surface area contributed by atoms with Crippen LogP contribution in [0.2, 0.25) is 0 Å². The van der Waals surface area contributed by atoms with Crippen molar-refractivity contribution in [1.82, 2.24) is 0 Å². The molecular formula is C12H12ClF3N2O3S. The van der Waals surface area contributed by atoms with Crippen LogP contribution in [0.25, 0.3) is 0 Å². The van der Waals surface area contributed by atoms with Crippen LogP contribution in [-0.4, -0.2) is 26.2 Å². The Morgan fingerprint density at radius 1 is 1.41 bits per heavy atom. The molecule has 10 heteroatoms. The standard InChI is InChI=1S/C12H12ClF3N2O3S/c1-9(17-21-8-4-7-13)10-5-2-3-6-11(10)18-22(19,20)12(14,15)16/h2-7,18H,8H2,1H3/b7-4+,17-9+. The highest BCUT2D eigenvalue weighted by Gasteiger charge is 2.46. The van der Waals surface area contributed by atoms with E-state index in [1.54, 1.807) is 0 Å². The molecule has 0 aliphatic heterocycles. The lowest BCUT2D eigenvalue weighted by Crippen LogP contribution is -2.30. The second-order valence-electron chi connectivity index (χ2n) is 3.93. The summed E-state index contributed by atoms with van der Waals surface area (Å²) in [6.45, 7) is 1.53. The molecule has 5 nitrogen and oxygen atoms in total. The molecule has 0 saturated heterocycles. The van der Waals surface area contributed by atoms with Gasteiger partial charge in [-0.3, -0.25) is 4.72 Å². The van der Waals surface area contributed by atoms with Crippen LogP contribution >= 0.6 is 11.6 Å². The van der Waals surface area contributed by atoms with Crippen molar-refractivity contribution in [3.63, 3.8) is 0 Å². The Labute approximate surface area is 130 Å². The number of oxime groups is 1. The minimum Gasteiger partial charge on any atom is -0.391 e. The van der Waals surface area contributed by atoms with E-state index in [1.807, 2.05) is 0 Å². The summed E-state index contributed by atoms with van der Waals surface area (Å²) < 4.78 is 61.1. The molecule has 0 bridgehead atoms. The highest BCUT2D eigenvalue weighted by molar-refractivity contribution is 7.93. The van der Waals surface area contributed by atoms with Crippen LogP contribution in [0.4, 0.5) is 18.9 Å². The SMILES string of the molecule is C/C(=N\OC/C=C/Cl)c1ccccc1NS(=O)(=O)C(F)(F)F. The van der Waals surface area contributed by atoms with Crippen molar-refractivity contribution >= 4 is 33.0 Å². The molecule has 22 heavy (non-hydrogen) atoms. The van der Waals surface area contributed by atoms with Crippen molar-refractivity contribution in [1.29, 1.82) is 0 Å². The molecule has 0 spiro atoms. The Hall–Kier alpha value is -1.74. The van der Waals surface area contributed by atoms with E-state index in [4.69, 9.17) is 16.4 Å². The Morgan fingerprint density at radius 2 is 2.05 bits per heavy atom. The third kappa shape index (κ3) is 4.92. The third-order valence-corrected chi connectivity index (χ3v) is 3.60. The molecule has 0 unspecified atom stereocenters. The number of sulfonamides is 1. The summed E-state index contributed by atoms with van der Waals surface area (Å²) in [6.07, 6.45) is 1.45. The van der Waals surface area contributed by atoms with Crippen LogP contribution in [0.3, 0.4) is 0 Å². The van der Waals surface area contributed by atoms with E-state index in [0.717, 1.165) is 0 Å². The number of anilines is 1. The van der Waals surface area contributed by atoms with Crippen LogP contribution in [0.15, 0.2) is 41.0 Å². The van der Waals surface area contributed by atoms with Gasteiger partial charge >= 0.3 is 15.5 Å². The van der Waals surface area contributed by atoms with Gasteiger partial charge < -0.3 is 4.84 Å². The number of hydrogen-bond acceptors (Lipinski definition) is 4. The van der Waals surface area contributed by atoms with E-state index < -0.39 is 15.5 Å². The monoisotopic (exact) mass is 356 g/mol. The van der Waals surface area contributed by atoms with Crippen molar-refractivity contribution in [2.24, 2.45) is 5.16 Å². The molecular weight excluding hydrogens is 345 g/mol. The van der Waals surface area contributed by atoms with Gasteiger partial charge in [0.1, 0.15) is 6.61 Å². The maximum absolute atomic E-state index is 12.4. The predicted molar refractivity (Wildman–Crippen MR) is 78.2 cm³/mol. The first-order chi connectivity index (χ1) is 10.2. The van der Waals surface area contributed by atoms with Crippen molar-refractivity contribution in [2.75, 3.05) is 11.3 Å². The number of nitrogens with one attached hydrogen (secondary N) is 1. The normalized spacial score (nSPS) is 13.4. The minimum atomic E-state index is -5.51. The minimum absolute atomic E-state index is 0.0668. The maximum atomic E-state index is 12.4. The third-order valence-electron chi connectivity index (χ3n) is 2.33. The Morgan fingerprint density at radius 3 is 2.64 bits per heavy atom. The van der Waals surface area contributed by atoms with E-state index >= 15 is 0 Å². The van der Waals surface area contributed by atoms with E-state index in [1.165, 1.54) is 47.5 Å². The first-order valence-corrected chi connectivity index (χ1v) is 7.71. The summed E-state index contributed by atoms with van der Waals surface area (Å²) in [5.41, 5.74) is -4.09. The molecule has 0 atom stereocenters. The second-order valence-corrected chi connectivity index (χ2v) is 5.86.